The summed E-state index contributed by atoms with van der Waals surface area (Å²) in [6.45, 7) is 1.83. The molecule has 1 unspecified atom stereocenters. The summed E-state index contributed by atoms with van der Waals surface area (Å²) in [5.41, 5.74) is 1.80. The fraction of sp³-hybridized carbons (Fsp3) is 0.391. The Balaban J connectivity index is 1.27. The quantitative estimate of drug-likeness (QED) is 0.898. The average Bonchev–Trinajstić information content (AvgIpc) is 3.50. The zero-order chi connectivity index (χ0) is 19.1. The van der Waals surface area contributed by atoms with Gasteiger partial charge in [-0.05, 0) is 42.9 Å². The number of carbonyl (C=O) groups is 2. The van der Waals surface area contributed by atoms with E-state index in [1.807, 2.05) is 53.4 Å². The molecule has 0 bridgehead atoms. The topological polar surface area (TPSA) is 52.7 Å². The molecule has 1 N–H and O–H groups in total. The summed E-state index contributed by atoms with van der Waals surface area (Å²) in [7, 11) is 0. The molecule has 5 nitrogen and oxygen atoms in total. The normalized spacial score (nSPS) is 25.6. The van der Waals surface area contributed by atoms with Gasteiger partial charge >= 0.3 is 0 Å². The maximum atomic E-state index is 13.0. The number of anilines is 1. The van der Waals surface area contributed by atoms with E-state index in [9.17, 15) is 9.59 Å². The van der Waals surface area contributed by atoms with E-state index in [2.05, 4.69) is 22.3 Å². The highest BCUT2D eigenvalue weighted by atomic mass is 16.2. The number of hydrogen-bond donors (Lipinski definition) is 1. The molecule has 5 rings (SSSR count). The number of nitrogens with one attached hydrogen (secondary N) is 1. The number of likely N-dealkylation sites (tertiary alicyclic amines) is 1. The van der Waals surface area contributed by atoms with E-state index in [0.717, 1.165) is 12.1 Å². The van der Waals surface area contributed by atoms with Gasteiger partial charge in [0.25, 0.3) is 0 Å². The Kier molecular flexibility index (Phi) is 4.11. The van der Waals surface area contributed by atoms with Crippen LogP contribution in [0.25, 0.3) is 0 Å². The Hall–Kier alpha value is -2.82. The van der Waals surface area contributed by atoms with Crippen LogP contribution in [0.15, 0.2) is 60.7 Å². The Bertz CT molecular complexity index is 875. The van der Waals surface area contributed by atoms with Crippen molar-refractivity contribution in [2.24, 2.45) is 5.92 Å². The van der Waals surface area contributed by atoms with Crippen molar-refractivity contribution in [3.8, 4) is 0 Å². The molecule has 1 aliphatic carbocycles. The molecule has 144 valence electrons. The average molecular weight is 375 g/mol. The molecule has 28 heavy (non-hydrogen) atoms. The van der Waals surface area contributed by atoms with E-state index < -0.39 is 5.54 Å². The number of amides is 2. The van der Waals surface area contributed by atoms with Gasteiger partial charge in [0.05, 0.1) is 6.67 Å². The minimum atomic E-state index is -0.527. The summed E-state index contributed by atoms with van der Waals surface area (Å²) in [6.07, 6.45) is 2.31. The monoisotopic (exact) mass is 375 g/mol. The van der Waals surface area contributed by atoms with Gasteiger partial charge in [-0.15, -0.1) is 0 Å². The molecule has 2 saturated heterocycles. The van der Waals surface area contributed by atoms with Crippen molar-refractivity contribution in [2.75, 3.05) is 24.7 Å². The molecule has 2 heterocycles. The van der Waals surface area contributed by atoms with Crippen LogP contribution in [0.3, 0.4) is 0 Å². The van der Waals surface area contributed by atoms with Gasteiger partial charge in [0.1, 0.15) is 5.54 Å². The summed E-state index contributed by atoms with van der Waals surface area (Å²) in [4.78, 5) is 29.9. The van der Waals surface area contributed by atoms with Gasteiger partial charge < -0.3 is 15.1 Å². The molecule has 2 aliphatic heterocycles. The lowest BCUT2D eigenvalue weighted by atomic mass is 9.85. The van der Waals surface area contributed by atoms with Gasteiger partial charge in [-0.25, -0.2) is 0 Å². The molecule has 3 aliphatic rings. The first-order valence-corrected chi connectivity index (χ1v) is 10.1. The van der Waals surface area contributed by atoms with Crippen molar-refractivity contribution < 1.29 is 9.59 Å². The molecule has 1 saturated carbocycles. The van der Waals surface area contributed by atoms with Gasteiger partial charge in [-0.2, -0.15) is 0 Å². The molecular weight excluding hydrogens is 350 g/mol. The van der Waals surface area contributed by atoms with Crippen LogP contribution in [0, 0.1) is 5.92 Å². The van der Waals surface area contributed by atoms with E-state index >= 15 is 0 Å². The largest absolute Gasteiger partial charge is 0.342 e. The van der Waals surface area contributed by atoms with Gasteiger partial charge in [0.2, 0.25) is 11.8 Å². The molecule has 2 atom stereocenters. The lowest BCUT2D eigenvalue weighted by Gasteiger charge is -2.43. The molecule has 1 spiro atoms. The SMILES string of the molecule is O=C(C1C[C@@H]1c1ccccc1)N1CCC2(CC1)C(=O)NCN2c1ccccc1. The third kappa shape index (κ3) is 2.77. The second-order valence-electron chi connectivity index (χ2n) is 8.14. The predicted molar refractivity (Wildman–Crippen MR) is 108 cm³/mol. The maximum Gasteiger partial charge on any atom is 0.247 e. The Morgan fingerprint density at radius 2 is 1.61 bits per heavy atom. The highest BCUT2D eigenvalue weighted by Gasteiger charge is 2.52. The minimum absolute atomic E-state index is 0.0945. The van der Waals surface area contributed by atoms with Gasteiger partial charge in [0.15, 0.2) is 0 Å². The van der Waals surface area contributed by atoms with Crippen molar-refractivity contribution in [1.82, 2.24) is 10.2 Å². The molecular formula is C23H25N3O2. The third-order valence-corrected chi connectivity index (χ3v) is 6.64. The zero-order valence-corrected chi connectivity index (χ0v) is 15.9. The van der Waals surface area contributed by atoms with Crippen LogP contribution in [0.5, 0.6) is 0 Å². The first-order valence-electron chi connectivity index (χ1n) is 10.1. The van der Waals surface area contributed by atoms with Crippen molar-refractivity contribution in [3.63, 3.8) is 0 Å². The predicted octanol–water partition coefficient (Wildman–Crippen LogP) is 2.75. The number of rotatable bonds is 3. The van der Waals surface area contributed by atoms with Gasteiger partial charge in [0, 0.05) is 24.7 Å². The molecule has 3 fully saturated rings. The van der Waals surface area contributed by atoms with Crippen molar-refractivity contribution in [2.45, 2.75) is 30.7 Å². The number of carbonyl (C=O) groups excluding carboxylic acids is 2. The summed E-state index contributed by atoms with van der Waals surface area (Å²) < 4.78 is 0. The Labute approximate surface area is 165 Å². The highest BCUT2D eigenvalue weighted by Crippen LogP contribution is 2.49. The first kappa shape index (κ1) is 17.3. The van der Waals surface area contributed by atoms with Crippen LogP contribution in [0.1, 0.15) is 30.7 Å². The Morgan fingerprint density at radius 1 is 0.964 bits per heavy atom. The van der Waals surface area contributed by atoms with Crippen LogP contribution in [0.4, 0.5) is 5.69 Å². The number of para-hydroxylation sites is 1. The zero-order valence-electron chi connectivity index (χ0n) is 15.9. The number of piperidine rings is 1. The van der Waals surface area contributed by atoms with Crippen molar-refractivity contribution >= 4 is 17.5 Å². The van der Waals surface area contributed by atoms with E-state index in [-0.39, 0.29) is 17.7 Å². The Morgan fingerprint density at radius 3 is 2.29 bits per heavy atom. The van der Waals surface area contributed by atoms with Crippen LogP contribution in [-0.4, -0.2) is 42.0 Å². The fourth-order valence-corrected chi connectivity index (χ4v) is 4.90. The summed E-state index contributed by atoms with van der Waals surface area (Å²) in [5, 5.41) is 3.02. The standard InChI is InChI=1S/C23H25N3O2/c27-21(20-15-19(20)17-7-3-1-4-8-17)25-13-11-23(12-14-25)22(28)24-16-26(23)18-9-5-2-6-10-18/h1-10,19-20H,11-16H2,(H,24,28)/t19-,20?/m1/s1. The van der Waals surface area contributed by atoms with Gasteiger partial charge in [-0.1, -0.05) is 48.5 Å². The summed E-state index contributed by atoms with van der Waals surface area (Å²) in [5.74, 6) is 0.824. The highest BCUT2D eigenvalue weighted by molar-refractivity contribution is 5.94. The molecule has 0 aromatic heterocycles. The molecule has 2 aromatic carbocycles. The van der Waals surface area contributed by atoms with E-state index in [0.29, 0.717) is 38.5 Å². The molecule has 0 radical (unpaired) electrons. The molecule has 5 heteroatoms. The number of benzene rings is 2. The molecule has 2 amide bonds. The smallest absolute Gasteiger partial charge is 0.247 e. The van der Waals surface area contributed by atoms with Crippen LogP contribution in [0.2, 0.25) is 0 Å². The summed E-state index contributed by atoms with van der Waals surface area (Å²) >= 11 is 0. The van der Waals surface area contributed by atoms with Crippen molar-refractivity contribution in [1.29, 1.82) is 0 Å². The number of hydrogen-bond acceptors (Lipinski definition) is 3. The van der Waals surface area contributed by atoms with Gasteiger partial charge in [-0.3, -0.25) is 9.59 Å². The first-order chi connectivity index (χ1) is 13.7. The van der Waals surface area contributed by atoms with Crippen LogP contribution >= 0.6 is 0 Å². The van der Waals surface area contributed by atoms with E-state index in [1.54, 1.807) is 0 Å². The number of nitrogens with zero attached hydrogens (tertiary/aromatic N) is 2. The van der Waals surface area contributed by atoms with Crippen molar-refractivity contribution in [3.05, 3.63) is 66.2 Å². The third-order valence-electron chi connectivity index (χ3n) is 6.64. The van der Waals surface area contributed by atoms with E-state index in [4.69, 9.17) is 0 Å². The lowest BCUT2D eigenvalue weighted by Crippen LogP contribution is -2.57. The van der Waals surface area contributed by atoms with Crippen LogP contribution < -0.4 is 10.2 Å². The second kappa shape index (κ2) is 6.66. The molecule has 2 aromatic rings. The lowest BCUT2D eigenvalue weighted by molar-refractivity contribution is -0.136. The second-order valence-corrected chi connectivity index (χ2v) is 8.14. The minimum Gasteiger partial charge on any atom is -0.342 e. The van der Waals surface area contributed by atoms with E-state index in [1.165, 1.54) is 5.56 Å². The maximum absolute atomic E-state index is 13.0. The fourth-order valence-electron chi connectivity index (χ4n) is 4.90. The van der Waals surface area contributed by atoms with Crippen LogP contribution in [-0.2, 0) is 9.59 Å². The summed E-state index contributed by atoms with van der Waals surface area (Å²) in [6, 6.07) is 20.4.